The third kappa shape index (κ3) is 7.45. The van der Waals surface area contributed by atoms with Crippen molar-refractivity contribution in [2.75, 3.05) is 20.3 Å². The van der Waals surface area contributed by atoms with Gasteiger partial charge in [-0.05, 0) is 37.5 Å². The predicted octanol–water partition coefficient (Wildman–Crippen LogP) is 3.19. The summed E-state index contributed by atoms with van der Waals surface area (Å²) < 4.78 is 16.0. The summed E-state index contributed by atoms with van der Waals surface area (Å²) in [5, 5.41) is 2.79. The number of carbonyl (C=O) groups excluding carboxylic acids is 2. The van der Waals surface area contributed by atoms with E-state index in [9.17, 15) is 9.59 Å². The molecule has 6 nitrogen and oxygen atoms in total. The van der Waals surface area contributed by atoms with Crippen molar-refractivity contribution in [2.45, 2.75) is 46.6 Å². The Morgan fingerprint density at radius 2 is 1.88 bits per heavy atom. The van der Waals surface area contributed by atoms with Crippen LogP contribution in [-0.2, 0) is 9.53 Å². The summed E-state index contributed by atoms with van der Waals surface area (Å²) in [6, 6.07) is 4.88. The van der Waals surface area contributed by atoms with Gasteiger partial charge in [0.15, 0.2) is 18.1 Å². The van der Waals surface area contributed by atoms with E-state index in [2.05, 4.69) is 5.32 Å². The van der Waals surface area contributed by atoms with Crippen LogP contribution in [-0.4, -0.2) is 38.2 Å². The van der Waals surface area contributed by atoms with Gasteiger partial charge < -0.3 is 19.5 Å². The average molecular weight is 351 g/mol. The predicted molar refractivity (Wildman–Crippen MR) is 96.1 cm³/mol. The molecule has 1 atom stereocenters. The third-order valence-electron chi connectivity index (χ3n) is 3.43. The van der Waals surface area contributed by atoms with Gasteiger partial charge in [-0.15, -0.1) is 0 Å². The summed E-state index contributed by atoms with van der Waals surface area (Å²) in [5.41, 5.74) is 0.308. The molecule has 0 saturated heterocycles. The van der Waals surface area contributed by atoms with Crippen LogP contribution in [0.1, 0.15) is 50.9 Å². The minimum atomic E-state index is -0.577. The van der Waals surface area contributed by atoms with Crippen molar-refractivity contribution in [1.29, 1.82) is 0 Å². The lowest BCUT2D eigenvalue weighted by Crippen LogP contribution is -2.35. The maximum Gasteiger partial charge on any atom is 0.338 e. The number of nitrogens with one attached hydrogen (secondary N) is 1. The first kappa shape index (κ1) is 20.8. The highest BCUT2D eigenvalue weighted by Gasteiger charge is 2.15. The topological polar surface area (TPSA) is 73.9 Å². The van der Waals surface area contributed by atoms with E-state index in [-0.39, 0.29) is 18.6 Å². The first-order valence-electron chi connectivity index (χ1n) is 8.64. The molecule has 1 rings (SSSR count). The summed E-state index contributed by atoms with van der Waals surface area (Å²) in [7, 11) is 1.51. The molecule has 1 N–H and O–H groups in total. The molecule has 0 bridgehead atoms. The van der Waals surface area contributed by atoms with E-state index in [1.54, 1.807) is 18.2 Å². The highest BCUT2D eigenvalue weighted by atomic mass is 16.5. The van der Waals surface area contributed by atoms with Crippen molar-refractivity contribution >= 4 is 11.9 Å². The molecular formula is C19H29NO5. The van der Waals surface area contributed by atoms with Gasteiger partial charge in [0, 0.05) is 6.04 Å². The highest BCUT2D eigenvalue weighted by molar-refractivity contribution is 5.92. The molecule has 25 heavy (non-hydrogen) atoms. The molecule has 1 aromatic carbocycles. The number of esters is 1. The molecule has 0 aromatic heterocycles. The molecule has 0 aliphatic rings. The summed E-state index contributed by atoms with van der Waals surface area (Å²) in [6.07, 6.45) is 1.86. The Balaban J connectivity index is 2.61. The molecule has 6 heteroatoms. The summed E-state index contributed by atoms with van der Waals surface area (Å²) >= 11 is 0. The number of ether oxygens (including phenoxy) is 3. The molecule has 140 valence electrons. The fourth-order valence-corrected chi connectivity index (χ4v) is 2.21. The minimum absolute atomic E-state index is 0.0636. The molecule has 0 spiro atoms. The number of hydrogen-bond donors (Lipinski definition) is 1. The lowest BCUT2D eigenvalue weighted by atomic mass is 10.2. The quantitative estimate of drug-likeness (QED) is 0.655. The number of methoxy groups -OCH3 is 1. The molecule has 0 fully saturated rings. The molecule has 0 saturated carbocycles. The van der Waals surface area contributed by atoms with Gasteiger partial charge in [-0.1, -0.05) is 27.2 Å². The summed E-state index contributed by atoms with van der Waals surface area (Å²) in [5.74, 6) is 0.517. The smallest absolute Gasteiger partial charge is 0.338 e. The second-order valence-corrected chi connectivity index (χ2v) is 6.40. The van der Waals surface area contributed by atoms with Crippen LogP contribution in [0.5, 0.6) is 11.5 Å². The number of carbonyl (C=O) groups is 2. The third-order valence-corrected chi connectivity index (χ3v) is 3.43. The van der Waals surface area contributed by atoms with Crippen LogP contribution in [0.4, 0.5) is 0 Å². The van der Waals surface area contributed by atoms with Crippen molar-refractivity contribution in [3.63, 3.8) is 0 Å². The van der Waals surface area contributed by atoms with E-state index in [1.807, 2.05) is 27.7 Å². The largest absolute Gasteiger partial charge is 0.493 e. The maximum absolute atomic E-state index is 12.1. The van der Waals surface area contributed by atoms with Crippen molar-refractivity contribution in [1.82, 2.24) is 5.32 Å². The normalized spacial score (nSPS) is 11.8. The average Bonchev–Trinajstić information content (AvgIpc) is 2.57. The van der Waals surface area contributed by atoms with E-state index in [0.717, 1.165) is 12.8 Å². The van der Waals surface area contributed by atoms with Gasteiger partial charge in [0.25, 0.3) is 5.91 Å². The molecule has 0 radical (unpaired) electrons. The van der Waals surface area contributed by atoms with E-state index in [0.29, 0.717) is 29.6 Å². The van der Waals surface area contributed by atoms with Crippen LogP contribution in [0.15, 0.2) is 18.2 Å². The Bertz CT molecular complexity index is 571. The number of benzene rings is 1. The van der Waals surface area contributed by atoms with E-state index < -0.39 is 5.97 Å². The Morgan fingerprint density at radius 1 is 1.16 bits per heavy atom. The fourth-order valence-electron chi connectivity index (χ4n) is 2.21. The standard InChI is InChI=1S/C19H29NO5/c1-6-7-14(4)20-18(21)12-25-19(22)15-8-9-16(17(10-15)23-5)24-11-13(2)3/h8-10,13-14H,6-7,11-12H2,1-5H3,(H,20,21). The SMILES string of the molecule is CCCC(C)NC(=O)COC(=O)c1ccc(OCC(C)C)c(OC)c1. The Morgan fingerprint density at radius 3 is 2.48 bits per heavy atom. The minimum Gasteiger partial charge on any atom is -0.493 e. The Hall–Kier alpha value is -2.24. The van der Waals surface area contributed by atoms with Gasteiger partial charge in [0.1, 0.15) is 0 Å². The summed E-state index contributed by atoms with van der Waals surface area (Å²) in [4.78, 5) is 23.9. The Kier molecular flexibility index (Phi) is 8.81. The zero-order valence-corrected chi connectivity index (χ0v) is 15.8. The van der Waals surface area contributed by atoms with Crippen molar-refractivity contribution < 1.29 is 23.8 Å². The zero-order valence-electron chi connectivity index (χ0n) is 15.8. The summed E-state index contributed by atoms with van der Waals surface area (Å²) in [6.45, 7) is 8.31. The van der Waals surface area contributed by atoms with Crippen LogP contribution in [0.25, 0.3) is 0 Å². The second-order valence-electron chi connectivity index (χ2n) is 6.40. The van der Waals surface area contributed by atoms with Gasteiger partial charge in [0.2, 0.25) is 0 Å². The van der Waals surface area contributed by atoms with E-state index in [1.165, 1.54) is 7.11 Å². The lowest BCUT2D eigenvalue weighted by molar-refractivity contribution is -0.124. The second kappa shape index (κ2) is 10.6. The molecule has 1 aromatic rings. The van der Waals surface area contributed by atoms with Crippen LogP contribution in [0.2, 0.25) is 0 Å². The van der Waals surface area contributed by atoms with E-state index in [4.69, 9.17) is 14.2 Å². The molecule has 1 amide bonds. The van der Waals surface area contributed by atoms with Gasteiger partial charge in [0.05, 0.1) is 19.3 Å². The zero-order chi connectivity index (χ0) is 18.8. The van der Waals surface area contributed by atoms with Gasteiger partial charge in [-0.2, -0.15) is 0 Å². The molecule has 1 unspecified atom stereocenters. The van der Waals surface area contributed by atoms with Crippen LogP contribution >= 0.6 is 0 Å². The van der Waals surface area contributed by atoms with Gasteiger partial charge in [-0.25, -0.2) is 4.79 Å². The maximum atomic E-state index is 12.1. The van der Waals surface area contributed by atoms with Crippen molar-refractivity contribution in [3.05, 3.63) is 23.8 Å². The number of amides is 1. The number of hydrogen-bond acceptors (Lipinski definition) is 5. The Labute approximate surface area is 149 Å². The monoisotopic (exact) mass is 351 g/mol. The van der Waals surface area contributed by atoms with Crippen LogP contribution in [0, 0.1) is 5.92 Å². The number of rotatable bonds is 10. The first-order chi connectivity index (χ1) is 11.9. The molecular weight excluding hydrogens is 322 g/mol. The van der Waals surface area contributed by atoms with Gasteiger partial charge in [-0.3, -0.25) is 4.79 Å². The van der Waals surface area contributed by atoms with Crippen molar-refractivity contribution in [3.8, 4) is 11.5 Å². The molecule has 0 aliphatic heterocycles. The lowest BCUT2D eigenvalue weighted by Gasteiger charge is -2.14. The highest BCUT2D eigenvalue weighted by Crippen LogP contribution is 2.28. The molecule has 0 heterocycles. The van der Waals surface area contributed by atoms with Crippen LogP contribution in [0.3, 0.4) is 0 Å². The first-order valence-corrected chi connectivity index (χ1v) is 8.64. The van der Waals surface area contributed by atoms with Gasteiger partial charge >= 0.3 is 5.97 Å². The van der Waals surface area contributed by atoms with E-state index >= 15 is 0 Å². The molecule has 0 aliphatic carbocycles. The van der Waals surface area contributed by atoms with Crippen molar-refractivity contribution in [2.24, 2.45) is 5.92 Å². The van der Waals surface area contributed by atoms with Crippen LogP contribution < -0.4 is 14.8 Å². The fraction of sp³-hybridized carbons (Fsp3) is 0.579.